The average Bonchev–Trinajstić information content (AvgIpc) is 3.57. The maximum atomic E-state index is 13.4. The van der Waals surface area contributed by atoms with Gasteiger partial charge in [-0.15, -0.1) is 13.2 Å². The molecule has 1 aromatic rings. The molecule has 2 N–H and O–H groups in total. The first-order chi connectivity index (χ1) is 17.9. The number of hydrogen-bond acceptors (Lipinski definition) is 5. The van der Waals surface area contributed by atoms with Crippen molar-refractivity contribution < 1.29 is 24.2 Å². The minimum absolute atomic E-state index is 0.0599. The molecule has 1 saturated heterocycles. The Hall–Kier alpha value is -2.93. The number of allylic oxidation sites excluding steroid dienone is 2. The Kier molecular flexibility index (Phi) is 10.9. The number of aliphatic hydroxyl groups excluding tert-OH is 1. The molecule has 1 aliphatic carbocycles. The number of aliphatic hydroxyl groups is 1. The Bertz CT molecular complexity index is 925. The molecule has 0 spiro atoms. The molecule has 3 rings (SSSR count). The summed E-state index contributed by atoms with van der Waals surface area (Å²) in [5.74, 6) is -1.49. The predicted molar refractivity (Wildman–Crippen MR) is 143 cm³/mol. The average molecular weight is 511 g/mol. The molecule has 1 saturated carbocycles. The van der Waals surface area contributed by atoms with Crippen molar-refractivity contribution in [3.05, 3.63) is 61.2 Å². The SMILES string of the molecule is C=CC[C@H](CC(=O)N1CCC[C@H]1CO)C(=O)NC1(COC(=O)[C@H](CC=C)Cc2ccccc2)CCCC1. The summed E-state index contributed by atoms with van der Waals surface area (Å²) < 4.78 is 5.82. The summed E-state index contributed by atoms with van der Waals surface area (Å²) >= 11 is 0. The monoisotopic (exact) mass is 510 g/mol. The van der Waals surface area contributed by atoms with E-state index in [1.54, 1.807) is 17.1 Å². The van der Waals surface area contributed by atoms with E-state index in [1.807, 2.05) is 30.3 Å². The fourth-order valence-corrected chi connectivity index (χ4v) is 5.58. The van der Waals surface area contributed by atoms with E-state index in [0.717, 1.165) is 44.1 Å². The van der Waals surface area contributed by atoms with Crippen LogP contribution in [0.1, 0.15) is 63.4 Å². The van der Waals surface area contributed by atoms with Crippen LogP contribution in [0.25, 0.3) is 0 Å². The van der Waals surface area contributed by atoms with Crippen molar-refractivity contribution in [2.45, 2.75) is 75.8 Å². The Morgan fingerprint density at radius 3 is 2.41 bits per heavy atom. The van der Waals surface area contributed by atoms with Gasteiger partial charge in [0, 0.05) is 13.0 Å². The molecule has 202 valence electrons. The van der Waals surface area contributed by atoms with Crippen molar-refractivity contribution in [3.63, 3.8) is 0 Å². The van der Waals surface area contributed by atoms with Crippen LogP contribution >= 0.6 is 0 Å². The van der Waals surface area contributed by atoms with Gasteiger partial charge < -0.3 is 20.1 Å². The van der Waals surface area contributed by atoms with Crippen LogP contribution in [0.4, 0.5) is 0 Å². The minimum Gasteiger partial charge on any atom is -0.463 e. The number of rotatable bonds is 14. The van der Waals surface area contributed by atoms with Crippen molar-refractivity contribution in [3.8, 4) is 0 Å². The van der Waals surface area contributed by atoms with E-state index in [-0.39, 0.29) is 49.4 Å². The molecule has 1 heterocycles. The molecule has 0 aromatic heterocycles. The second-order valence-corrected chi connectivity index (χ2v) is 10.5. The molecule has 2 aliphatic rings. The molecule has 0 bridgehead atoms. The van der Waals surface area contributed by atoms with Crippen LogP contribution in [-0.4, -0.2) is 59.1 Å². The molecule has 2 amide bonds. The van der Waals surface area contributed by atoms with Gasteiger partial charge in [0.25, 0.3) is 0 Å². The maximum absolute atomic E-state index is 13.4. The molecule has 7 nitrogen and oxygen atoms in total. The number of nitrogens with zero attached hydrogens (tertiary/aromatic N) is 1. The Morgan fingerprint density at radius 1 is 1.08 bits per heavy atom. The second kappa shape index (κ2) is 14.1. The third-order valence-corrected chi connectivity index (χ3v) is 7.70. The summed E-state index contributed by atoms with van der Waals surface area (Å²) in [6, 6.07) is 9.67. The van der Waals surface area contributed by atoms with Gasteiger partial charge in [-0.2, -0.15) is 0 Å². The number of nitrogens with one attached hydrogen (secondary N) is 1. The van der Waals surface area contributed by atoms with Crippen LogP contribution in [0, 0.1) is 11.8 Å². The highest BCUT2D eigenvalue weighted by atomic mass is 16.5. The van der Waals surface area contributed by atoms with Gasteiger partial charge in [0.15, 0.2) is 0 Å². The van der Waals surface area contributed by atoms with Crippen LogP contribution < -0.4 is 5.32 Å². The van der Waals surface area contributed by atoms with Gasteiger partial charge in [0.1, 0.15) is 6.61 Å². The predicted octanol–water partition coefficient (Wildman–Crippen LogP) is 3.96. The van der Waals surface area contributed by atoms with E-state index < -0.39 is 11.5 Å². The van der Waals surface area contributed by atoms with Crippen LogP contribution in [0.3, 0.4) is 0 Å². The maximum Gasteiger partial charge on any atom is 0.309 e. The normalized spacial score (nSPS) is 20.1. The van der Waals surface area contributed by atoms with Crippen molar-refractivity contribution in [1.29, 1.82) is 0 Å². The van der Waals surface area contributed by atoms with E-state index >= 15 is 0 Å². The van der Waals surface area contributed by atoms with E-state index in [9.17, 15) is 19.5 Å². The van der Waals surface area contributed by atoms with E-state index in [4.69, 9.17) is 4.74 Å². The molecule has 1 aromatic carbocycles. The van der Waals surface area contributed by atoms with Crippen LogP contribution in [-0.2, 0) is 25.5 Å². The Labute approximate surface area is 221 Å². The molecule has 2 fully saturated rings. The van der Waals surface area contributed by atoms with Gasteiger partial charge in [-0.3, -0.25) is 14.4 Å². The summed E-state index contributed by atoms with van der Waals surface area (Å²) in [6.07, 6.45) is 9.91. The number of likely N-dealkylation sites (tertiary alicyclic amines) is 1. The lowest BCUT2D eigenvalue weighted by Gasteiger charge is -2.32. The van der Waals surface area contributed by atoms with E-state index in [0.29, 0.717) is 25.8 Å². The first-order valence-electron chi connectivity index (χ1n) is 13.6. The summed E-state index contributed by atoms with van der Waals surface area (Å²) in [7, 11) is 0. The lowest BCUT2D eigenvalue weighted by molar-refractivity contribution is -0.152. The van der Waals surface area contributed by atoms with Crippen LogP contribution in [0.2, 0.25) is 0 Å². The van der Waals surface area contributed by atoms with Crippen LogP contribution in [0.5, 0.6) is 0 Å². The second-order valence-electron chi connectivity index (χ2n) is 10.5. The van der Waals surface area contributed by atoms with Crippen molar-refractivity contribution in [1.82, 2.24) is 10.2 Å². The zero-order valence-corrected chi connectivity index (χ0v) is 21.9. The third kappa shape index (κ3) is 8.03. The van der Waals surface area contributed by atoms with E-state index in [1.165, 1.54) is 0 Å². The van der Waals surface area contributed by atoms with Crippen LogP contribution in [0.15, 0.2) is 55.6 Å². The smallest absolute Gasteiger partial charge is 0.309 e. The fraction of sp³-hybridized carbons (Fsp3) is 0.567. The van der Waals surface area contributed by atoms with E-state index in [2.05, 4.69) is 18.5 Å². The highest BCUT2D eigenvalue weighted by molar-refractivity contribution is 5.86. The molecular weight excluding hydrogens is 468 g/mol. The zero-order chi connectivity index (χ0) is 26.7. The highest BCUT2D eigenvalue weighted by Crippen LogP contribution is 2.32. The van der Waals surface area contributed by atoms with Crippen molar-refractivity contribution >= 4 is 17.8 Å². The lowest BCUT2D eigenvalue weighted by atomic mass is 9.93. The Balaban J connectivity index is 1.62. The highest BCUT2D eigenvalue weighted by Gasteiger charge is 2.39. The van der Waals surface area contributed by atoms with Crippen molar-refractivity contribution in [2.75, 3.05) is 19.8 Å². The minimum atomic E-state index is -0.623. The van der Waals surface area contributed by atoms with Gasteiger partial charge in [0.2, 0.25) is 11.8 Å². The number of carbonyl (C=O) groups excluding carboxylic acids is 3. The quantitative estimate of drug-likeness (QED) is 0.292. The number of ether oxygens (including phenoxy) is 1. The van der Waals surface area contributed by atoms with Gasteiger partial charge in [-0.05, 0) is 50.5 Å². The molecule has 1 aliphatic heterocycles. The van der Waals surface area contributed by atoms with Gasteiger partial charge in [-0.25, -0.2) is 0 Å². The first-order valence-corrected chi connectivity index (χ1v) is 13.6. The van der Waals surface area contributed by atoms with Gasteiger partial charge >= 0.3 is 5.97 Å². The van der Waals surface area contributed by atoms with Gasteiger partial charge in [-0.1, -0.05) is 55.3 Å². The first kappa shape index (κ1) is 28.6. The zero-order valence-electron chi connectivity index (χ0n) is 21.9. The van der Waals surface area contributed by atoms with Gasteiger partial charge in [0.05, 0.1) is 30.0 Å². The van der Waals surface area contributed by atoms with Crippen molar-refractivity contribution in [2.24, 2.45) is 11.8 Å². The number of hydrogen-bond donors (Lipinski definition) is 2. The summed E-state index contributed by atoms with van der Waals surface area (Å²) in [6.45, 7) is 8.24. The third-order valence-electron chi connectivity index (χ3n) is 7.70. The lowest BCUT2D eigenvalue weighted by Crippen LogP contribution is -2.53. The summed E-state index contributed by atoms with van der Waals surface area (Å²) in [4.78, 5) is 41.1. The largest absolute Gasteiger partial charge is 0.463 e. The summed E-state index contributed by atoms with van der Waals surface area (Å²) in [5, 5.41) is 12.7. The number of esters is 1. The molecule has 37 heavy (non-hydrogen) atoms. The number of carbonyl (C=O) groups is 3. The molecule has 7 heteroatoms. The molecule has 3 atom stereocenters. The number of benzene rings is 1. The standard InChI is InChI=1S/C30H42N2O5/c1-3-11-24(20-27(34)32-18-10-15-26(32)21-33)28(35)31-30(16-8-9-17-30)22-37-29(36)25(12-4-2)19-23-13-6-5-7-14-23/h3-7,13-14,24-26,33H,1-2,8-12,15-22H2,(H,31,35)/t24-,25-,26+/m1/s1. The number of amides is 2. The topological polar surface area (TPSA) is 95.9 Å². The summed E-state index contributed by atoms with van der Waals surface area (Å²) in [5.41, 5.74) is 0.440. The Morgan fingerprint density at radius 2 is 1.76 bits per heavy atom. The molecular formula is C30H42N2O5. The molecule has 0 radical (unpaired) electrons. The fourth-order valence-electron chi connectivity index (χ4n) is 5.58. The molecule has 0 unspecified atom stereocenters.